The summed E-state index contributed by atoms with van der Waals surface area (Å²) in [6.07, 6.45) is 4.28. The SMILES string of the molecule is C[C@@H]1Cc2ccccc2N1C(=O)COC(=O)c1c2c(nc3ccccc13)/C(=C\c1ccc3c(c1)OCO3)CC2. The van der Waals surface area contributed by atoms with Crippen LogP contribution >= 0.6 is 0 Å². The molecule has 7 nitrogen and oxygen atoms in total. The van der Waals surface area contributed by atoms with E-state index in [1.54, 1.807) is 4.90 Å². The molecule has 1 aromatic heterocycles. The van der Waals surface area contributed by atoms with Crippen molar-refractivity contribution in [1.29, 1.82) is 0 Å². The third-order valence-electron chi connectivity index (χ3n) is 7.69. The molecule has 3 aromatic carbocycles. The molecule has 194 valence electrons. The van der Waals surface area contributed by atoms with Crippen molar-refractivity contribution in [3.8, 4) is 11.5 Å². The predicted octanol–water partition coefficient (Wildman–Crippen LogP) is 5.58. The lowest BCUT2D eigenvalue weighted by molar-refractivity contribution is -0.122. The Kier molecular flexibility index (Phi) is 5.58. The van der Waals surface area contributed by atoms with Crippen LogP contribution in [0.15, 0.2) is 66.7 Å². The highest BCUT2D eigenvalue weighted by atomic mass is 16.7. The summed E-state index contributed by atoms with van der Waals surface area (Å²) >= 11 is 0. The van der Waals surface area contributed by atoms with Crippen LogP contribution in [-0.4, -0.2) is 36.3 Å². The number of nitrogens with zero attached hydrogens (tertiary/aromatic N) is 2. The largest absolute Gasteiger partial charge is 0.454 e. The molecule has 7 rings (SSSR count). The fourth-order valence-electron chi connectivity index (χ4n) is 5.93. The minimum absolute atomic E-state index is 0.0171. The van der Waals surface area contributed by atoms with Gasteiger partial charge in [0.2, 0.25) is 6.79 Å². The lowest BCUT2D eigenvalue weighted by Crippen LogP contribution is -2.38. The monoisotopic (exact) mass is 518 g/mol. The van der Waals surface area contributed by atoms with E-state index in [9.17, 15) is 9.59 Å². The average Bonchev–Trinajstić information content (AvgIpc) is 3.66. The third kappa shape index (κ3) is 4.02. The number of carbonyl (C=O) groups excluding carboxylic acids is 2. The van der Waals surface area contributed by atoms with Crippen LogP contribution in [-0.2, 0) is 22.4 Å². The van der Waals surface area contributed by atoms with Gasteiger partial charge in [0.05, 0.1) is 16.8 Å². The quantitative estimate of drug-likeness (QED) is 0.328. The number of para-hydroxylation sites is 2. The summed E-state index contributed by atoms with van der Waals surface area (Å²) in [6, 6.07) is 21.3. The van der Waals surface area contributed by atoms with Gasteiger partial charge in [0.25, 0.3) is 5.91 Å². The van der Waals surface area contributed by atoms with Crippen LogP contribution < -0.4 is 14.4 Å². The number of allylic oxidation sites excluding steroid dienone is 1. The first-order valence-corrected chi connectivity index (χ1v) is 13.2. The Labute approximate surface area is 225 Å². The van der Waals surface area contributed by atoms with Crippen LogP contribution in [0.3, 0.4) is 0 Å². The molecule has 0 unspecified atom stereocenters. The normalized spacial score (nSPS) is 17.9. The van der Waals surface area contributed by atoms with E-state index in [4.69, 9.17) is 19.2 Å². The first-order chi connectivity index (χ1) is 19.1. The van der Waals surface area contributed by atoms with Gasteiger partial charge in [-0.2, -0.15) is 0 Å². The van der Waals surface area contributed by atoms with Gasteiger partial charge >= 0.3 is 5.97 Å². The lowest BCUT2D eigenvalue weighted by Gasteiger charge is -2.22. The molecule has 0 saturated carbocycles. The number of pyridine rings is 1. The molecule has 0 bridgehead atoms. The molecular weight excluding hydrogens is 492 g/mol. The number of hydrogen-bond acceptors (Lipinski definition) is 6. The van der Waals surface area contributed by atoms with E-state index in [1.807, 2.05) is 73.7 Å². The molecule has 0 N–H and O–H groups in total. The smallest absolute Gasteiger partial charge is 0.339 e. The topological polar surface area (TPSA) is 78.0 Å². The van der Waals surface area contributed by atoms with Crippen LogP contribution in [0.4, 0.5) is 5.69 Å². The second kappa shape index (κ2) is 9.27. The molecule has 0 saturated heterocycles. The number of amides is 1. The fourth-order valence-corrected chi connectivity index (χ4v) is 5.93. The molecule has 1 amide bonds. The molecular formula is C32H26N2O5. The number of rotatable bonds is 4. The Hall–Kier alpha value is -4.65. The summed E-state index contributed by atoms with van der Waals surface area (Å²) in [4.78, 5) is 33.5. The van der Waals surface area contributed by atoms with Gasteiger partial charge in [0.15, 0.2) is 18.1 Å². The highest BCUT2D eigenvalue weighted by molar-refractivity contribution is 6.08. The molecule has 0 radical (unpaired) electrons. The van der Waals surface area contributed by atoms with Gasteiger partial charge in [-0.1, -0.05) is 42.5 Å². The lowest BCUT2D eigenvalue weighted by atomic mass is 10.0. The number of fused-ring (bicyclic) bond motifs is 4. The standard InChI is InChI=1S/C32H26N2O5/c1-19-14-21-6-2-5-9-26(21)34(19)29(35)17-37-32(36)30-23-7-3-4-8-25(23)33-31-22(11-12-24(30)31)15-20-10-13-27-28(16-20)39-18-38-27/h2-10,13,15-16,19H,11-12,14,17-18H2,1H3/b22-15-/t19-/m1/s1. The maximum absolute atomic E-state index is 13.6. The van der Waals surface area contributed by atoms with E-state index in [2.05, 4.69) is 6.08 Å². The van der Waals surface area contributed by atoms with Crippen LogP contribution in [0, 0.1) is 0 Å². The summed E-state index contributed by atoms with van der Waals surface area (Å²) in [6.45, 7) is 1.92. The van der Waals surface area contributed by atoms with E-state index < -0.39 is 5.97 Å². The number of ether oxygens (including phenoxy) is 3. The van der Waals surface area contributed by atoms with E-state index in [1.165, 1.54) is 0 Å². The first kappa shape index (κ1) is 23.5. The van der Waals surface area contributed by atoms with Crippen molar-refractivity contribution in [3.05, 3.63) is 94.7 Å². The van der Waals surface area contributed by atoms with Gasteiger partial charge in [0.1, 0.15) is 0 Å². The zero-order valence-electron chi connectivity index (χ0n) is 21.5. The molecule has 2 aliphatic heterocycles. The molecule has 1 atom stereocenters. The van der Waals surface area contributed by atoms with Crippen molar-refractivity contribution in [3.63, 3.8) is 0 Å². The molecule has 0 fully saturated rings. The molecule has 39 heavy (non-hydrogen) atoms. The molecule has 1 aliphatic carbocycles. The van der Waals surface area contributed by atoms with E-state index in [0.29, 0.717) is 12.0 Å². The maximum atomic E-state index is 13.6. The summed E-state index contributed by atoms with van der Waals surface area (Å²) in [7, 11) is 0. The van der Waals surface area contributed by atoms with Crippen molar-refractivity contribution in [1.82, 2.24) is 4.98 Å². The van der Waals surface area contributed by atoms with Crippen LogP contribution in [0.25, 0.3) is 22.6 Å². The molecule has 7 heteroatoms. The number of benzene rings is 3. The number of hydrogen-bond donors (Lipinski definition) is 0. The Balaban J connectivity index is 1.19. The molecule has 3 aliphatic rings. The fraction of sp³-hybridized carbons (Fsp3) is 0.219. The molecule has 0 spiro atoms. The Morgan fingerprint density at radius 3 is 2.77 bits per heavy atom. The second-order valence-corrected chi connectivity index (χ2v) is 10.1. The minimum atomic E-state index is -0.498. The summed E-state index contributed by atoms with van der Waals surface area (Å²) in [5.41, 5.74) is 6.91. The van der Waals surface area contributed by atoms with Gasteiger partial charge in [-0.25, -0.2) is 9.78 Å². The van der Waals surface area contributed by atoms with Gasteiger partial charge < -0.3 is 19.1 Å². The van der Waals surface area contributed by atoms with E-state index in [0.717, 1.165) is 68.9 Å². The number of aromatic nitrogens is 1. The van der Waals surface area contributed by atoms with Crippen molar-refractivity contribution in [2.24, 2.45) is 0 Å². The highest BCUT2D eigenvalue weighted by Gasteiger charge is 2.32. The number of esters is 1. The van der Waals surface area contributed by atoms with Gasteiger partial charge in [-0.05, 0) is 78.8 Å². The maximum Gasteiger partial charge on any atom is 0.339 e. The molecule has 4 aromatic rings. The summed E-state index contributed by atoms with van der Waals surface area (Å²) < 4.78 is 16.7. The van der Waals surface area contributed by atoms with Crippen molar-refractivity contribution in [2.75, 3.05) is 18.3 Å². The second-order valence-electron chi connectivity index (χ2n) is 10.1. The molecule has 3 heterocycles. The van der Waals surface area contributed by atoms with Crippen molar-refractivity contribution >= 4 is 40.1 Å². The van der Waals surface area contributed by atoms with Gasteiger partial charge in [-0.15, -0.1) is 0 Å². The Morgan fingerprint density at radius 2 is 1.85 bits per heavy atom. The Morgan fingerprint density at radius 1 is 1.03 bits per heavy atom. The average molecular weight is 519 g/mol. The zero-order chi connectivity index (χ0) is 26.5. The van der Waals surface area contributed by atoms with Crippen LogP contribution in [0.2, 0.25) is 0 Å². The third-order valence-corrected chi connectivity index (χ3v) is 7.69. The van der Waals surface area contributed by atoms with Gasteiger partial charge in [-0.3, -0.25) is 4.79 Å². The van der Waals surface area contributed by atoms with Crippen molar-refractivity contribution < 1.29 is 23.8 Å². The van der Waals surface area contributed by atoms with E-state index in [-0.39, 0.29) is 25.3 Å². The zero-order valence-corrected chi connectivity index (χ0v) is 21.5. The minimum Gasteiger partial charge on any atom is -0.454 e. The number of carbonyl (C=O) groups is 2. The van der Waals surface area contributed by atoms with Crippen LogP contribution in [0.1, 0.15) is 46.1 Å². The van der Waals surface area contributed by atoms with Crippen LogP contribution in [0.5, 0.6) is 11.5 Å². The number of anilines is 1. The predicted molar refractivity (Wildman–Crippen MR) is 148 cm³/mol. The summed E-state index contributed by atoms with van der Waals surface area (Å²) in [5, 5.41) is 0.734. The van der Waals surface area contributed by atoms with Gasteiger partial charge in [0, 0.05) is 17.1 Å². The first-order valence-electron chi connectivity index (χ1n) is 13.2. The van der Waals surface area contributed by atoms with Crippen molar-refractivity contribution in [2.45, 2.75) is 32.2 Å². The Bertz CT molecular complexity index is 1690. The summed E-state index contributed by atoms with van der Waals surface area (Å²) in [5.74, 6) is 0.735. The highest BCUT2D eigenvalue weighted by Crippen LogP contribution is 2.39. The van der Waals surface area contributed by atoms with E-state index >= 15 is 0 Å².